The molecule has 0 radical (unpaired) electrons. The number of ether oxygens (including phenoxy) is 2. The Morgan fingerprint density at radius 3 is 1.77 bits per heavy atom. The van der Waals surface area contributed by atoms with Crippen molar-refractivity contribution in [1.82, 2.24) is 0 Å². The first kappa shape index (κ1) is 25.0. The van der Waals surface area contributed by atoms with Crippen molar-refractivity contribution >= 4 is 26.7 Å². The zero-order valence-corrected chi connectivity index (χ0v) is 20.8. The Balaban J connectivity index is 1.84. The fraction of sp³-hybridized carbons (Fsp3) is 0.630. The maximum Gasteiger partial charge on any atom is 0.127 e. The van der Waals surface area contributed by atoms with Gasteiger partial charge in [-0.15, -0.1) is 0 Å². The van der Waals surface area contributed by atoms with Crippen LogP contribution in [0.4, 0.5) is 0 Å². The molecule has 0 aliphatic carbocycles. The number of unbranched alkanes of at least 4 members (excludes halogenated alkanes) is 10. The minimum Gasteiger partial charge on any atom is -0.493 e. The van der Waals surface area contributed by atoms with Gasteiger partial charge in [-0.05, 0) is 44.4 Å². The number of hydrogen-bond acceptors (Lipinski definition) is 2. The van der Waals surface area contributed by atoms with Crippen LogP contribution in [-0.4, -0.2) is 18.5 Å². The fourth-order valence-corrected chi connectivity index (χ4v) is 4.21. The smallest absolute Gasteiger partial charge is 0.127 e. The van der Waals surface area contributed by atoms with Gasteiger partial charge in [0.15, 0.2) is 0 Å². The lowest BCUT2D eigenvalue weighted by Crippen LogP contribution is -2.01. The largest absolute Gasteiger partial charge is 0.493 e. The second kappa shape index (κ2) is 15.6. The van der Waals surface area contributed by atoms with Crippen LogP contribution in [-0.2, 0) is 0 Å². The van der Waals surface area contributed by atoms with E-state index in [0.29, 0.717) is 0 Å². The van der Waals surface area contributed by atoms with Gasteiger partial charge in [-0.3, -0.25) is 0 Å². The van der Waals surface area contributed by atoms with Gasteiger partial charge in [0.1, 0.15) is 11.5 Å². The number of fused-ring (bicyclic) bond motifs is 1. The molecule has 3 heteroatoms. The van der Waals surface area contributed by atoms with Crippen LogP contribution in [0.2, 0.25) is 0 Å². The summed E-state index contributed by atoms with van der Waals surface area (Å²) in [5.41, 5.74) is 1.26. The third-order valence-electron chi connectivity index (χ3n) is 5.63. The summed E-state index contributed by atoms with van der Waals surface area (Å²) >= 11 is 3.50. The third-order valence-corrected chi connectivity index (χ3v) is 6.19. The summed E-state index contributed by atoms with van der Waals surface area (Å²) in [4.78, 5) is 0. The van der Waals surface area contributed by atoms with E-state index in [0.717, 1.165) is 42.9 Å². The van der Waals surface area contributed by atoms with E-state index in [9.17, 15) is 0 Å². The van der Waals surface area contributed by atoms with E-state index >= 15 is 0 Å². The lowest BCUT2D eigenvalue weighted by Gasteiger charge is -2.14. The van der Waals surface area contributed by atoms with E-state index in [2.05, 4.69) is 60.1 Å². The molecule has 30 heavy (non-hydrogen) atoms. The Hall–Kier alpha value is -1.22. The van der Waals surface area contributed by atoms with Gasteiger partial charge in [0.05, 0.1) is 13.2 Å². The Labute approximate surface area is 192 Å². The minimum atomic E-state index is 0.791. The molecule has 2 aromatic carbocycles. The Kier molecular flexibility index (Phi) is 13.0. The van der Waals surface area contributed by atoms with Gasteiger partial charge < -0.3 is 9.47 Å². The molecule has 0 bridgehead atoms. The maximum atomic E-state index is 6.17. The van der Waals surface area contributed by atoms with E-state index in [4.69, 9.17) is 9.47 Å². The van der Waals surface area contributed by atoms with Gasteiger partial charge in [0.25, 0.3) is 0 Å². The highest BCUT2D eigenvalue weighted by molar-refractivity contribution is 9.09. The summed E-state index contributed by atoms with van der Waals surface area (Å²) in [5, 5.41) is 3.47. The molecule has 0 aliphatic rings. The number of rotatable bonds is 17. The average Bonchev–Trinajstić information content (AvgIpc) is 2.75. The van der Waals surface area contributed by atoms with Crippen molar-refractivity contribution in [2.45, 2.75) is 90.9 Å². The van der Waals surface area contributed by atoms with E-state index in [-0.39, 0.29) is 0 Å². The molecule has 168 valence electrons. The summed E-state index contributed by atoms with van der Waals surface area (Å²) in [6, 6.07) is 10.7. The van der Waals surface area contributed by atoms with Crippen molar-refractivity contribution in [1.29, 1.82) is 0 Å². The molecule has 0 saturated heterocycles. The average molecular weight is 478 g/mol. The molecule has 2 aromatic rings. The van der Waals surface area contributed by atoms with Crippen LogP contribution >= 0.6 is 15.9 Å². The third kappa shape index (κ3) is 9.29. The zero-order valence-electron chi connectivity index (χ0n) is 19.2. The van der Waals surface area contributed by atoms with Gasteiger partial charge in [-0.25, -0.2) is 0 Å². The van der Waals surface area contributed by atoms with Gasteiger partial charge in [0, 0.05) is 16.1 Å². The fourth-order valence-electron chi connectivity index (χ4n) is 3.81. The minimum absolute atomic E-state index is 0.791. The quantitative estimate of drug-likeness (QED) is 0.167. The molecule has 0 atom stereocenters. The predicted molar refractivity (Wildman–Crippen MR) is 135 cm³/mol. The first-order chi connectivity index (χ1) is 14.8. The van der Waals surface area contributed by atoms with E-state index in [1.807, 2.05) is 0 Å². The molecule has 0 N–H and O–H groups in total. The Morgan fingerprint density at radius 2 is 1.17 bits per heavy atom. The highest BCUT2D eigenvalue weighted by Gasteiger charge is 2.09. The summed E-state index contributed by atoms with van der Waals surface area (Å²) in [6.45, 7) is 5.99. The number of halogens is 1. The predicted octanol–water partition coefficient (Wildman–Crippen LogP) is 9.00. The molecule has 0 aromatic heterocycles. The van der Waals surface area contributed by atoms with Gasteiger partial charge in [-0.2, -0.15) is 0 Å². The van der Waals surface area contributed by atoms with Gasteiger partial charge in [-0.1, -0.05) is 98.3 Å². The normalized spacial score (nSPS) is 11.2. The van der Waals surface area contributed by atoms with E-state index < -0.39 is 0 Å². The van der Waals surface area contributed by atoms with Crippen molar-refractivity contribution in [3.8, 4) is 11.5 Å². The number of alkyl halides is 1. The summed E-state index contributed by atoms with van der Waals surface area (Å²) in [7, 11) is 0. The number of benzene rings is 2. The molecule has 0 fully saturated rings. The summed E-state index contributed by atoms with van der Waals surface area (Å²) < 4.78 is 12.3. The van der Waals surface area contributed by atoms with Crippen molar-refractivity contribution in [3.63, 3.8) is 0 Å². The SMILES string of the molecule is CCCCCCCCOc1ccc(OCCCCCCCCBr)c2cc(C)ccc12. The second-order valence-corrected chi connectivity index (χ2v) is 9.18. The molecule has 0 aliphatic heterocycles. The monoisotopic (exact) mass is 476 g/mol. The first-order valence-corrected chi connectivity index (χ1v) is 13.2. The van der Waals surface area contributed by atoms with Crippen LogP contribution in [0.15, 0.2) is 30.3 Å². The molecule has 0 saturated carbocycles. The van der Waals surface area contributed by atoms with Crippen LogP contribution in [0.3, 0.4) is 0 Å². The number of hydrogen-bond donors (Lipinski definition) is 0. The van der Waals surface area contributed by atoms with Crippen molar-refractivity contribution < 1.29 is 9.47 Å². The molecule has 0 amide bonds. The highest BCUT2D eigenvalue weighted by Crippen LogP contribution is 2.34. The van der Waals surface area contributed by atoms with Crippen molar-refractivity contribution in [2.75, 3.05) is 18.5 Å². The Bertz CT molecular complexity index is 713. The summed E-state index contributed by atoms with van der Waals surface area (Å²) in [6.07, 6.45) is 15.3. The zero-order chi connectivity index (χ0) is 21.4. The van der Waals surface area contributed by atoms with Crippen molar-refractivity contribution in [3.05, 3.63) is 35.9 Å². The van der Waals surface area contributed by atoms with Crippen LogP contribution in [0.5, 0.6) is 11.5 Å². The second-order valence-electron chi connectivity index (χ2n) is 8.39. The molecule has 0 heterocycles. The molecule has 0 spiro atoms. The van der Waals surface area contributed by atoms with E-state index in [1.165, 1.54) is 80.5 Å². The van der Waals surface area contributed by atoms with Crippen molar-refractivity contribution in [2.24, 2.45) is 0 Å². The standard InChI is InChI=1S/C27H41BrO2/c1-3-4-5-6-10-13-20-29-26-17-18-27(25-22-23(2)15-16-24(25)26)30-21-14-11-8-7-9-12-19-28/h15-18,22H,3-14,19-21H2,1-2H3. The molecular formula is C27H41BrO2. The molecule has 2 nitrogen and oxygen atoms in total. The molecule has 2 rings (SSSR count). The van der Waals surface area contributed by atoms with Gasteiger partial charge in [0.2, 0.25) is 0 Å². The Morgan fingerprint density at radius 1 is 0.633 bits per heavy atom. The first-order valence-electron chi connectivity index (χ1n) is 12.1. The van der Waals surface area contributed by atoms with Crippen LogP contribution < -0.4 is 9.47 Å². The molecular weight excluding hydrogens is 436 g/mol. The number of aryl methyl sites for hydroxylation is 1. The lowest BCUT2D eigenvalue weighted by atomic mass is 10.1. The highest BCUT2D eigenvalue weighted by atomic mass is 79.9. The van der Waals surface area contributed by atoms with Crippen LogP contribution in [0.1, 0.15) is 89.5 Å². The van der Waals surface area contributed by atoms with Gasteiger partial charge >= 0.3 is 0 Å². The van der Waals surface area contributed by atoms with E-state index in [1.54, 1.807) is 0 Å². The van der Waals surface area contributed by atoms with Crippen LogP contribution in [0.25, 0.3) is 10.8 Å². The summed E-state index contributed by atoms with van der Waals surface area (Å²) in [5.74, 6) is 1.97. The lowest BCUT2D eigenvalue weighted by molar-refractivity contribution is 0.301. The maximum absolute atomic E-state index is 6.17. The van der Waals surface area contributed by atoms with Crippen LogP contribution in [0, 0.1) is 6.92 Å². The topological polar surface area (TPSA) is 18.5 Å². The molecule has 0 unspecified atom stereocenters.